The average molecular weight is 256 g/mol. The van der Waals surface area contributed by atoms with Crippen LogP contribution < -0.4 is 11.1 Å². The summed E-state index contributed by atoms with van der Waals surface area (Å²) >= 11 is 0. The topological polar surface area (TPSA) is 55.9 Å². The molecule has 19 heavy (non-hydrogen) atoms. The number of benzene rings is 1. The van der Waals surface area contributed by atoms with Crippen LogP contribution in [0.25, 0.3) is 0 Å². The van der Waals surface area contributed by atoms with Crippen molar-refractivity contribution in [2.24, 2.45) is 0 Å². The fourth-order valence-electron chi connectivity index (χ4n) is 2.77. The third kappa shape index (κ3) is 2.96. The van der Waals surface area contributed by atoms with Crippen LogP contribution in [0.4, 0.5) is 5.82 Å². The number of hydrogen-bond acceptors (Lipinski definition) is 3. The zero-order chi connectivity index (χ0) is 13.1. The van der Waals surface area contributed by atoms with E-state index in [-0.39, 0.29) is 0 Å². The maximum Gasteiger partial charge on any atom is 0.141 e. The Kier molecular flexibility index (Phi) is 3.51. The number of imidazole rings is 1. The van der Waals surface area contributed by atoms with Crippen molar-refractivity contribution in [1.82, 2.24) is 14.9 Å². The number of aromatic nitrogens is 2. The van der Waals surface area contributed by atoms with Crippen LogP contribution in [0.5, 0.6) is 0 Å². The lowest BCUT2D eigenvalue weighted by Crippen LogP contribution is -2.30. The smallest absolute Gasteiger partial charge is 0.141 e. The molecule has 100 valence electrons. The molecule has 4 nitrogen and oxygen atoms in total. The van der Waals surface area contributed by atoms with E-state index in [0.717, 1.165) is 32.4 Å². The molecule has 1 heterocycles. The first kappa shape index (κ1) is 12.2. The van der Waals surface area contributed by atoms with Gasteiger partial charge in [0.25, 0.3) is 0 Å². The van der Waals surface area contributed by atoms with E-state index in [0.29, 0.717) is 11.9 Å². The number of rotatable bonds is 5. The maximum atomic E-state index is 5.58. The number of anilines is 1. The Morgan fingerprint density at radius 1 is 1.26 bits per heavy atom. The molecule has 0 atom stereocenters. The first-order valence-electron chi connectivity index (χ1n) is 6.88. The van der Waals surface area contributed by atoms with Crippen LogP contribution in [-0.4, -0.2) is 22.1 Å². The van der Waals surface area contributed by atoms with Crippen molar-refractivity contribution in [3.05, 3.63) is 47.9 Å². The van der Waals surface area contributed by atoms with Crippen LogP contribution in [0.15, 0.2) is 36.8 Å². The van der Waals surface area contributed by atoms with Gasteiger partial charge in [-0.25, -0.2) is 4.98 Å². The molecule has 0 fully saturated rings. The van der Waals surface area contributed by atoms with Crippen molar-refractivity contribution in [1.29, 1.82) is 0 Å². The van der Waals surface area contributed by atoms with E-state index in [1.165, 1.54) is 11.1 Å². The summed E-state index contributed by atoms with van der Waals surface area (Å²) in [6.45, 7) is 2.01. The molecule has 2 aromatic rings. The minimum atomic E-state index is 0.596. The van der Waals surface area contributed by atoms with Gasteiger partial charge >= 0.3 is 0 Å². The summed E-state index contributed by atoms with van der Waals surface area (Å²) in [5, 5.41) is 3.64. The molecular formula is C15H20N4. The summed E-state index contributed by atoms with van der Waals surface area (Å²) in [6.07, 6.45) is 7.09. The highest BCUT2D eigenvalue weighted by molar-refractivity contribution is 5.33. The Hall–Kier alpha value is -1.81. The fraction of sp³-hybridized carbons (Fsp3) is 0.400. The van der Waals surface area contributed by atoms with E-state index >= 15 is 0 Å². The summed E-state index contributed by atoms with van der Waals surface area (Å²) in [5.74, 6) is 0.596. The van der Waals surface area contributed by atoms with Crippen molar-refractivity contribution >= 4 is 5.82 Å². The second-order valence-corrected chi connectivity index (χ2v) is 5.22. The monoisotopic (exact) mass is 256 g/mol. The number of nitrogens with two attached hydrogens (primary N) is 1. The summed E-state index contributed by atoms with van der Waals surface area (Å²) in [6, 6.07) is 9.34. The number of aryl methyl sites for hydroxylation is 1. The van der Waals surface area contributed by atoms with Gasteiger partial charge in [-0.3, -0.25) is 0 Å². The average Bonchev–Trinajstić information content (AvgIpc) is 3.00. The van der Waals surface area contributed by atoms with Gasteiger partial charge in [0.15, 0.2) is 0 Å². The molecular weight excluding hydrogens is 236 g/mol. The molecule has 1 aliphatic carbocycles. The third-order valence-electron chi connectivity index (χ3n) is 3.73. The van der Waals surface area contributed by atoms with Gasteiger partial charge in [0.05, 0.1) is 6.33 Å². The molecule has 0 saturated heterocycles. The fourth-order valence-corrected chi connectivity index (χ4v) is 2.77. The number of nitrogens with one attached hydrogen (secondary N) is 1. The first-order chi connectivity index (χ1) is 9.31. The predicted octanol–water partition coefficient (Wildman–Crippen LogP) is 1.61. The second-order valence-electron chi connectivity index (χ2n) is 5.22. The molecule has 0 bridgehead atoms. The molecule has 0 saturated carbocycles. The number of nitrogen functional groups attached to an aromatic ring is 1. The normalized spacial score (nSPS) is 14.7. The highest BCUT2D eigenvalue weighted by Crippen LogP contribution is 2.21. The van der Waals surface area contributed by atoms with Crippen molar-refractivity contribution in [3.63, 3.8) is 0 Å². The van der Waals surface area contributed by atoms with E-state index < -0.39 is 0 Å². The van der Waals surface area contributed by atoms with E-state index in [1.54, 1.807) is 6.33 Å². The summed E-state index contributed by atoms with van der Waals surface area (Å²) < 4.78 is 2.04. The van der Waals surface area contributed by atoms with Gasteiger partial charge in [-0.2, -0.15) is 0 Å². The van der Waals surface area contributed by atoms with Crippen molar-refractivity contribution < 1.29 is 0 Å². The van der Waals surface area contributed by atoms with Gasteiger partial charge in [0.1, 0.15) is 5.82 Å². The molecule has 1 aliphatic rings. The Morgan fingerprint density at radius 3 is 2.63 bits per heavy atom. The minimum absolute atomic E-state index is 0.596. The van der Waals surface area contributed by atoms with Gasteiger partial charge < -0.3 is 15.6 Å². The zero-order valence-electron chi connectivity index (χ0n) is 11.0. The van der Waals surface area contributed by atoms with Crippen molar-refractivity contribution in [3.8, 4) is 0 Å². The molecule has 0 unspecified atom stereocenters. The SMILES string of the molecule is Nc1cn(CCCNC2Cc3ccccc3C2)cn1. The van der Waals surface area contributed by atoms with Crippen molar-refractivity contribution in [2.75, 3.05) is 12.3 Å². The van der Waals surface area contributed by atoms with Crippen LogP contribution in [0.3, 0.4) is 0 Å². The van der Waals surface area contributed by atoms with E-state index in [1.807, 2.05) is 10.8 Å². The predicted molar refractivity (Wildman–Crippen MR) is 76.9 cm³/mol. The highest BCUT2D eigenvalue weighted by Gasteiger charge is 2.19. The molecule has 0 spiro atoms. The van der Waals surface area contributed by atoms with E-state index in [9.17, 15) is 0 Å². The Labute approximate surface area is 113 Å². The summed E-state index contributed by atoms with van der Waals surface area (Å²) in [5.41, 5.74) is 8.59. The standard InChI is InChI=1S/C15H20N4/c16-15-10-19(11-18-15)7-3-6-17-14-8-12-4-1-2-5-13(12)9-14/h1-2,4-5,10-11,14,17H,3,6-9,16H2. The second kappa shape index (κ2) is 5.45. The van der Waals surface area contributed by atoms with Gasteiger partial charge in [-0.1, -0.05) is 24.3 Å². The molecule has 1 aromatic carbocycles. The van der Waals surface area contributed by atoms with E-state index in [2.05, 4.69) is 34.6 Å². The Morgan fingerprint density at radius 2 is 2.00 bits per heavy atom. The van der Waals surface area contributed by atoms with Gasteiger partial charge in [0, 0.05) is 18.8 Å². The largest absolute Gasteiger partial charge is 0.382 e. The van der Waals surface area contributed by atoms with Crippen LogP contribution in [0.2, 0.25) is 0 Å². The number of nitrogens with zero attached hydrogens (tertiary/aromatic N) is 2. The van der Waals surface area contributed by atoms with Gasteiger partial charge in [-0.05, 0) is 36.9 Å². The minimum Gasteiger partial charge on any atom is -0.382 e. The molecule has 0 aliphatic heterocycles. The first-order valence-corrected chi connectivity index (χ1v) is 6.88. The molecule has 3 N–H and O–H groups in total. The number of hydrogen-bond donors (Lipinski definition) is 2. The molecule has 3 rings (SSSR count). The van der Waals surface area contributed by atoms with Gasteiger partial charge in [0.2, 0.25) is 0 Å². The lowest BCUT2D eigenvalue weighted by Gasteiger charge is -2.11. The van der Waals surface area contributed by atoms with Crippen LogP contribution >= 0.6 is 0 Å². The van der Waals surface area contributed by atoms with Crippen LogP contribution in [0, 0.1) is 0 Å². The zero-order valence-corrected chi connectivity index (χ0v) is 11.0. The summed E-state index contributed by atoms with van der Waals surface area (Å²) in [4.78, 5) is 4.02. The van der Waals surface area contributed by atoms with E-state index in [4.69, 9.17) is 5.73 Å². The lowest BCUT2D eigenvalue weighted by molar-refractivity contribution is 0.501. The Balaban J connectivity index is 1.40. The maximum absolute atomic E-state index is 5.58. The number of fused-ring (bicyclic) bond motifs is 1. The molecule has 4 heteroatoms. The quantitative estimate of drug-likeness (QED) is 0.799. The molecule has 0 radical (unpaired) electrons. The van der Waals surface area contributed by atoms with Gasteiger partial charge in [-0.15, -0.1) is 0 Å². The van der Waals surface area contributed by atoms with Crippen molar-refractivity contribution in [2.45, 2.75) is 31.8 Å². The molecule has 0 amide bonds. The lowest BCUT2D eigenvalue weighted by atomic mass is 10.1. The third-order valence-corrected chi connectivity index (χ3v) is 3.73. The Bertz CT molecular complexity index is 522. The summed E-state index contributed by atoms with van der Waals surface area (Å²) in [7, 11) is 0. The van der Waals surface area contributed by atoms with Crippen LogP contribution in [0.1, 0.15) is 17.5 Å². The molecule has 1 aromatic heterocycles. The highest BCUT2D eigenvalue weighted by atomic mass is 15.1. The van der Waals surface area contributed by atoms with Crippen LogP contribution in [-0.2, 0) is 19.4 Å².